The zero-order valence-corrected chi connectivity index (χ0v) is 27.9. The van der Waals surface area contributed by atoms with E-state index >= 15 is 0 Å². The lowest BCUT2D eigenvalue weighted by molar-refractivity contribution is -0.138. The normalized spacial score (nSPS) is 11.7. The van der Waals surface area contributed by atoms with Crippen molar-refractivity contribution in [1.82, 2.24) is 0 Å². The molecule has 5 N–H and O–H groups in total. The van der Waals surface area contributed by atoms with Crippen molar-refractivity contribution < 1.29 is 14.7 Å². The predicted octanol–water partition coefficient (Wildman–Crippen LogP) is 9.95. The molecular formula is C36H74N2O3. The van der Waals surface area contributed by atoms with Crippen LogP contribution in [0.25, 0.3) is 0 Å². The van der Waals surface area contributed by atoms with Gasteiger partial charge in [-0.05, 0) is 12.8 Å². The van der Waals surface area contributed by atoms with Crippen molar-refractivity contribution in [2.75, 3.05) is 13.2 Å². The van der Waals surface area contributed by atoms with Gasteiger partial charge in [-0.25, -0.2) is 0 Å². The molecule has 5 heteroatoms. The lowest BCUT2D eigenvalue weighted by Gasteiger charge is -2.14. The summed E-state index contributed by atoms with van der Waals surface area (Å²) in [7, 11) is 0. The van der Waals surface area contributed by atoms with E-state index < -0.39 is 5.91 Å². The van der Waals surface area contributed by atoms with Crippen molar-refractivity contribution in [2.45, 2.75) is 200 Å². The summed E-state index contributed by atoms with van der Waals surface area (Å²) < 4.78 is 0. The van der Waals surface area contributed by atoms with Crippen LogP contribution in [0, 0.1) is 5.92 Å². The minimum Gasteiger partial charge on any atom is -0.395 e. The maximum absolute atomic E-state index is 12.3. The molecule has 0 heterocycles. The molecule has 1 amide bonds. The average molecular weight is 583 g/mol. The SMILES string of the molecule is CCCCCCCCCCCCCCCCC(CCCCCCCCCCCCCCC)C(=O)C(N)=O.NCCO. The Morgan fingerprint density at radius 2 is 0.707 bits per heavy atom. The van der Waals surface area contributed by atoms with Gasteiger partial charge in [-0.15, -0.1) is 0 Å². The smallest absolute Gasteiger partial charge is 0.285 e. The highest BCUT2D eigenvalue weighted by atomic mass is 16.3. The van der Waals surface area contributed by atoms with Crippen molar-refractivity contribution >= 4 is 11.7 Å². The number of carbonyl (C=O) groups is 2. The number of aliphatic hydroxyl groups excluding tert-OH is 1. The highest BCUT2D eigenvalue weighted by Gasteiger charge is 2.22. The third kappa shape index (κ3) is 35.2. The van der Waals surface area contributed by atoms with Gasteiger partial charge in [0.1, 0.15) is 0 Å². The van der Waals surface area contributed by atoms with E-state index in [4.69, 9.17) is 16.6 Å². The summed E-state index contributed by atoms with van der Waals surface area (Å²) in [6.07, 6.45) is 37.7. The van der Waals surface area contributed by atoms with Gasteiger partial charge in [-0.3, -0.25) is 9.59 Å². The van der Waals surface area contributed by atoms with Crippen molar-refractivity contribution in [3.8, 4) is 0 Å². The van der Waals surface area contributed by atoms with Gasteiger partial charge in [0.25, 0.3) is 5.91 Å². The molecule has 1 atom stereocenters. The van der Waals surface area contributed by atoms with E-state index in [-0.39, 0.29) is 18.3 Å². The van der Waals surface area contributed by atoms with Gasteiger partial charge in [-0.1, -0.05) is 187 Å². The second-order valence-electron chi connectivity index (χ2n) is 12.4. The maximum Gasteiger partial charge on any atom is 0.285 e. The van der Waals surface area contributed by atoms with Crippen LogP contribution >= 0.6 is 0 Å². The molecule has 0 fully saturated rings. The number of primary amides is 1. The first-order chi connectivity index (χ1) is 20.0. The molecule has 0 aliphatic carbocycles. The van der Waals surface area contributed by atoms with Crippen molar-refractivity contribution in [2.24, 2.45) is 17.4 Å². The van der Waals surface area contributed by atoms with Crippen LogP contribution in [0.3, 0.4) is 0 Å². The van der Waals surface area contributed by atoms with E-state index in [1.54, 1.807) is 0 Å². The van der Waals surface area contributed by atoms with Gasteiger partial charge in [0.05, 0.1) is 6.61 Å². The Labute approximate surface area is 256 Å². The van der Waals surface area contributed by atoms with Crippen LogP contribution in [0.4, 0.5) is 0 Å². The average Bonchev–Trinajstić information content (AvgIpc) is 2.98. The topological polar surface area (TPSA) is 106 Å². The molecule has 0 spiro atoms. The van der Waals surface area contributed by atoms with Crippen LogP contribution in [0.2, 0.25) is 0 Å². The van der Waals surface area contributed by atoms with Crippen LogP contribution in [0.5, 0.6) is 0 Å². The fraction of sp³-hybridized carbons (Fsp3) is 0.944. The zero-order chi connectivity index (χ0) is 30.7. The van der Waals surface area contributed by atoms with Crippen molar-refractivity contribution in [3.63, 3.8) is 0 Å². The fourth-order valence-electron chi connectivity index (χ4n) is 5.60. The molecule has 246 valence electrons. The summed E-state index contributed by atoms with van der Waals surface area (Å²) in [5, 5.41) is 7.75. The number of carbonyl (C=O) groups excluding carboxylic acids is 2. The molecule has 0 radical (unpaired) electrons. The number of hydrogen-bond acceptors (Lipinski definition) is 4. The molecule has 0 aromatic carbocycles. The molecule has 0 rings (SSSR count). The number of hydrogen-bond donors (Lipinski definition) is 3. The largest absolute Gasteiger partial charge is 0.395 e. The Bertz CT molecular complexity index is 525. The number of Topliss-reactive ketones (excluding diaryl/α,β-unsaturated/α-hetero) is 1. The quantitative estimate of drug-likeness (QED) is 0.0542. The summed E-state index contributed by atoms with van der Waals surface area (Å²) in [5.41, 5.74) is 10.1. The Hall–Kier alpha value is -0.940. The summed E-state index contributed by atoms with van der Waals surface area (Å²) in [5.74, 6) is -1.19. The third-order valence-electron chi connectivity index (χ3n) is 8.31. The molecular weight excluding hydrogens is 508 g/mol. The van der Waals surface area contributed by atoms with Crippen LogP contribution < -0.4 is 11.5 Å². The number of unbranched alkanes of at least 4 members (excludes halogenated alkanes) is 25. The number of ketones is 1. The van der Waals surface area contributed by atoms with E-state index in [2.05, 4.69) is 13.8 Å². The van der Waals surface area contributed by atoms with Gasteiger partial charge in [-0.2, -0.15) is 0 Å². The van der Waals surface area contributed by atoms with Crippen molar-refractivity contribution in [1.29, 1.82) is 0 Å². The standard InChI is InChI=1S/C34H67NO2.C2H7NO/c1-3-5-7-9-11-13-15-17-19-21-23-25-27-29-31-32(33(36)34(35)37)30-28-26-24-22-20-18-16-14-12-10-8-6-4-2;3-1-2-4/h32H,3-31H2,1-2H3,(H2,35,37);4H,1-3H2. The van der Waals surface area contributed by atoms with E-state index in [0.717, 1.165) is 25.7 Å². The summed E-state index contributed by atoms with van der Waals surface area (Å²) >= 11 is 0. The lowest BCUT2D eigenvalue weighted by atomic mass is 9.90. The van der Waals surface area contributed by atoms with Crippen LogP contribution in [-0.2, 0) is 9.59 Å². The van der Waals surface area contributed by atoms with E-state index in [1.807, 2.05) is 0 Å². The summed E-state index contributed by atoms with van der Waals surface area (Å²) in [6, 6.07) is 0. The first-order valence-electron chi connectivity index (χ1n) is 18.2. The second-order valence-corrected chi connectivity index (χ2v) is 12.4. The molecule has 41 heavy (non-hydrogen) atoms. The van der Waals surface area contributed by atoms with E-state index in [9.17, 15) is 9.59 Å². The van der Waals surface area contributed by atoms with Crippen molar-refractivity contribution in [3.05, 3.63) is 0 Å². The van der Waals surface area contributed by atoms with Crippen LogP contribution in [-0.4, -0.2) is 29.9 Å². The van der Waals surface area contributed by atoms with E-state index in [0.29, 0.717) is 6.54 Å². The first kappa shape index (κ1) is 42.2. The Kier molecular flexibility index (Phi) is 38.2. The zero-order valence-electron chi connectivity index (χ0n) is 27.9. The van der Waals surface area contributed by atoms with Gasteiger partial charge in [0, 0.05) is 12.5 Å². The minimum atomic E-state index is -0.731. The second kappa shape index (κ2) is 37.1. The van der Waals surface area contributed by atoms with Crippen LogP contribution in [0.15, 0.2) is 0 Å². The maximum atomic E-state index is 12.3. The number of amides is 1. The summed E-state index contributed by atoms with van der Waals surface area (Å²) in [4.78, 5) is 23.8. The van der Waals surface area contributed by atoms with Gasteiger partial charge < -0.3 is 16.6 Å². The Balaban J connectivity index is 0. The molecule has 0 aliphatic heterocycles. The highest BCUT2D eigenvalue weighted by Crippen LogP contribution is 2.21. The fourth-order valence-corrected chi connectivity index (χ4v) is 5.60. The molecule has 0 aromatic rings. The van der Waals surface area contributed by atoms with Gasteiger partial charge in [0.2, 0.25) is 5.78 Å². The Morgan fingerprint density at radius 1 is 0.488 bits per heavy atom. The predicted molar refractivity (Wildman–Crippen MR) is 179 cm³/mol. The molecule has 0 bridgehead atoms. The monoisotopic (exact) mass is 583 g/mol. The highest BCUT2D eigenvalue weighted by molar-refractivity contribution is 6.36. The minimum absolute atomic E-state index is 0.0972. The molecule has 0 saturated heterocycles. The third-order valence-corrected chi connectivity index (χ3v) is 8.31. The molecule has 0 aliphatic rings. The number of rotatable bonds is 32. The number of nitrogens with two attached hydrogens (primary N) is 2. The first-order valence-corrected chi connectivity index (χ1v) is 18.2. The van der Waals surface area contributed by atoms with Gasteiger partial charge >= 0.3 is 0 Å². The molecule has 0 saturated carbocycles. The lowest BCUT2D eigenvalue weighted by Crippen LogP contribution is -2.30. The van der Waals surface area contributed by atoms with Crippen LogP contribution in [0.1, 0.15) is 200 Å². The summed E-state index contributed by atoms with van der Waals surface area (Å²) in [6.45, 7) is 5.02. The molecule has 5 nitrogen and oxygen atoms in total. The van der Waals surface area contributed by atoms with E-state index in [1.165, 1.54) is 161 Å². The molecule has 1 unspecified atom stereocenters. The molecule has 0 aromatic heterocycles. The van der Waals surface area contributed by atoms with Gasteiger partial charge in [0.15, 0.2) is 0 Å². The number of aliphatic hydroxyl groups is 1. The Morgan fingerprint density at radius 3 is 0.902 bits per heavy atom.